The van der Waals surface area contributed by atoms with E-state index in [1.165, 1.54) is 12.0 Å². The predicted octanol–water partition coefficient (Wildman–Crippen LogP) is -0.0456. The molecule has 22 heavy (non-hydrogen) atoms. The highest BCUT2D eigenvalue weighted by atomic mass is 16.5. The third-order valence-electron chi connectivity index (χ3n) is 4.49. The average molecular weight is 311 g/mol. The minimum absolute atomic E-state index is 0.0748. The second-order valence-electron chi connectivity index (χ2n) is 6.07. The van der Waals surface area contributed by atoms with E-state index in [1.807, 2.05) is 0 Å². The molecule has 0 aliphatic carbocycles. The Morgan fingerprint density at radius 3 is 2.82 bits per heavy atom. The fourth-order valence-electron chi connectivity index (χ4n) is 3.02. The van der Waals surface area contributed by atoms with Crippen molar-refractivity contribution in [3.8, 4) is 0 Å². The highest BCUT2D eigenvalue weighted by molar-refractivity contribution is 5.92. The van der Waals surface area contributed by atoms with Gasteiger partial charge in [-0.1, -0.05) is 20.3 Å². The number of carbonyl (C=O) groups excluding carboxylic acids is 3. The van der Waals surface area contributed by atoms with E-state index < -0.39 is 12.0 Å². The van der Waals surface area contributed by atoms with Crippen LogP contribution in [0.25, 0.3) is 0 Å². The van der Waals surface area contributed by atoms with Crippen molar-refractivity contribution in [3.63, 3.8) is 0 Å². The molecule has 0 aromatic rings. The fourth-order valence-corrected chi connectivity index (χ4v) is 3.02. The van der Waals surface area contributed by atoms with Crippen LogP contribution in [0.1, 0.15) is 33.1 Å². The van der Waals surface area contributed by atoms with Gasteiger partial charge in [0.2, 0.25) is 11.8 Å². The predicted molar refractivity (Wildman–Crippen MR) is 79.7 cm³/mol. The summed E-state index contributed by atoms with van der Waals surface area (Å²) in [4.78, 5) is 39.9. The monoisotopic (exact) mass is 311 g/mol. The topological polar surface area (TPSA) is 79.0 Å². The van der Waals surface area contributed by atoms with E-state index in [1.54, 1.807) is 4.90 Å². The molecular weight excluding hydrogens is 286 g/mol. The molecule has 2 rings (SSSR count). The number of hydrogen-bond donors (Lipinski definition) is 1. The molecule has 7 heteroatoms. The molecule has 3 unspecified atom stereocenters. The van der Waals surface area contributed by atoms with Crippen LogP contribution in [0, 0.1) is 5.92 Å². The lowest BCUT2D eigenvalue weighted by molar-refractivity contribution is -0.164. The van der Waals surface area contributed by atoms with Crippen LogP contribution >= 0.6 is 0 Å². The zero-order valence-electron chi connectivity index (χ0n) is 13.5. The lowest BCUT2D eigenvalue weighted by atomic mass is 10.0. The Morgan fingerprint density at radius 2 is 2.18 bits per heavy atom. The summed E-state index contributed by atoms with van der Waals surface area (Å²) in [6.07, 6.45) is 1.03. The largest absolute Gasteiger partial charge is 0.469 e. The summed E-state index contributed by atoms with van der Waals surface area (Å²) in [5, 5.41) is 3.27. The summed E-state index contributed by atoms with van der Waals surface area (Å²) in [5.74, 6) is -0.317. The van der Waals surface area contributed by atoms with Crippen LogP contribution < -0.4 is 5.32 Å². The summed E-state index contributed by atoms with van der Waals surface area (Å²) < 4.78 is 4.69. The molecule has 2 fully saturated rings. The number of ether oxygens (including phenoxy) is 1. The molecule has 1 N–H and O–H groups in total. The van der Waals surface area contributed by atoms with E-state index in [0.29, 0.717) is 32.0 Å². The van der Waals surface area contributed by atoms with Crippen molar-refractivity contribution < 1.29 is 19.1 Å². The van der Waals surface area contributed by atoms with Crippen molar-refractivity contribution in [2.75, 3.05) is 26.7 Å². The highest BCUT2D eigenvalue weighted by Crippen LogP contribution is 2.23. The third kappa shape index (κ3) is 3.40. The molecule has 2 aliphatic heterocycles. The van der Waals surface area contributed by atoms with Crippen LogP contribution in [-0.2, 0) is 19.1 Å². The lowest BCUT2D eigenvalue weighted by Crippen LogP contribution is -2.70. The van der Waals surface area contributed by atoms with E-state index >= 15 is 0 Å². The summed E-state index contributed by atoms with van der Waals surface area (Å²) in [6, 6.07) is -0.754. The Balaban J connectivity index is 2.20. The van der Waals surface area contributed by atoms with Gasteiger partial charge in [-0.15, -0.1) is 0 Å². The highest BCUT2D eigenvalue weighted by Gasteiger charge is 2.45. The first kappa shape index (κ1) is 16.7. The summed E-state index contributed by atoms with van der Waals surface area (Å²) in [6.45, 7) is 5.91. The van der Waals surface area contributed by atoms with Crippen molar-refractivity contribution >= 4 is 17.8 Å². The van der Waals surface area contributed by atoms with E-state index in [9.17, 15) is 14.4 Å². The fraction of sp³-hybridized carbons (Fsp3) is 0.800. The van der Waals surface area contributed by atoms with Crippen LogP contribution in [0.3, 0.4) is 0 Å². The molecule has 0 bridgehead atoms. The van der Waals surface area contributed by atoms with Gasteiger partial charge < -0.3 is 14.5 Å². The van der Waals surface area contributed by atoms with Gasteiger partial charge in [-0.05, 0) is 5.92 Å². The number of nitrogens with zero attached hydrogens (tertiary/aromatic N) is 2. The van der Waals surface area contributed by atoms with Gasteiger partial charge in [0.15, 0.2) is 0 Å². The molecule has 7 nitrogen and oxygen atoms in total. The molecule has 0 spiro atoms. The maximum atomic E-state index is 12.7. The molecule has 2 amide bonds. The molecule has 2 heterocycles. The lowest BCUT2D eigenvalue weighted by Gasteiger charge is -2.48. The number of nitrogens with one attached hydrogen (secondary N) is 1. The van der Waals surface area contributed by atoms with Crippen LogP contribution in [0.2, 0.25) is 0 Å². The van der Waals surface area contributed by atoms with Crippen molar-refractivity contribution in [1.82, 2.24) is 15.1 Å². The zero-order chi connectivity index (χ0) is 16.3. The van der Waals surface area contributed by atoms with Gasteiger partial charge in [0, 0.05) is 19.5 Å². The molecule has 0 radical (unpaired) electrons. The van der Waals surface area contributed by atoms with E-state index in [-0.39, 0.29) is 24.4 Å². The van der Waals surface area contributed by atoms with Crippen LogP contribution in [0.5, 0.6) is 0 Å². The number of amides is 2. The minimum atomic E-state index is -0.754. The number of methoxy groups -OCH3 is 1. The number of carbonyl (C=O) groups is 3. The van der Waals surface area contributed by atoms with Crippen LogP contribution in [0.15, 0.2) is 0 Å². The Kier molecular flexibility index (Phi) is 5.39. The van der Waals surface area contributed by atoms with Gasteiger partial charge in [-0.3, -0.25) is 19.7 Å². The SMILES string of the molecule is CCC(C)CN1CC2NCCC(=O)N2C(CC(=O)OC)C1=O. The standard InChI is InChI=1S/C15H25N3O4/c1-4-10(2)8-17-9-12-16-6-5-13(19)18(12)11(15(17)21)7-14(20)22-3/h10-12,16H,4-9H2,1-3H3. The minimum Gasteiger partial charge on any atom is -0.469 e. The Hall–Kier alpha value is -1.63. The summed E-state index contributed by atoms with van der Waals surface area (Å²) in [5.41, 5.74) is 0. The maximum Gasteiger partial charge on any atom is 0.308 e. The van der Waals surface area contributed by atoms with Crippen molar-refractivity contribution in [2.24, 2.45) is 5.92 Å². The van der Waals surface area contributed by atoms with Gasteiger partial charge in [0.1, 0.15) is 12.2 Å². The zero-order valence-corrected chi connectivity index (χ0v) is 13.5. The number of hydrogen-bond acceptors (Lipinski definition) is 5. The Labute approximate surface area is 131 Å². The summed E-state index contributed by atoms with van der Waals surface area (Å²) >= 11 is 0. The second kappa shape index (κ2) is 7.09. The molecule has 124 valence electrons. The van der Waals surface area contributed by atoms with Gasteiger partial charge >= 0.3 is 5.97 Å². The molecule has 2 aliphatic rings. The number of rotatable bonds is 5. The van der Waals surface area contributed by atoms with Crippen molar-refractivity contribution in [3.05, 3.63) is 0 Å². The van der Waals surface area contributed by atoms with Crippen LogP contribution in [-0.4, -0.2) is 66.5 Å². The van der Waals surface area contributed by atoms with Crippen molar-refractivity contribution in [1.29, 1.82) is 0 Å². The van der Waals surface area contributed by atoms with Crippen LogP contribution in [0.4, 0.5) is 0 Å². The van der Waals surface area contributed by atoms with Gasteiger partial charge in [-0.2, -0.15) is 0 Å². The van der Waals surface area contributed by atoms with Gasteiger partial charge in [-0.25, -0.2) is 0 Å². The molecule has 0 aromatic heterocycles. The smallest absolute Gasteiger partial charge is 0.308 e. The summed E-state index contributed by atoms with van der Waals surface area (Å²) in [7, 11) is 1.29. The number of esters is 1. The third-order valence-corrected chi connectivity index (χ3v) is 4.49. The Morgan fingerprint density at radius 1 is 1.45 bits per heavy atom. The number of piperazine rings is 1. The molecule has 0 aromatic carbocycles. The quantitative estimate of drug-likeness (QED) is 0.721. The Bertz CT molecular complexity index is 454. The molecule has 0 saturated carbocycles. The normalized spacial score (nSPS) is 26.7. The maximum absolute atomic E-state index is 12.7. The van der Waals surface area contributed by atoms with E-state index in [2.05, 4.69) is 23.9 Å². The van der Waals surface area contributed by atoms with Crippen molar-refractivity contribution in [2.45, 2.75) is 45.3 Å². The molecule has 3 atom stereocenters. The molecular formula is C15H25N3O4. The first-order valence-corrected chi connectivity index (χ1v) is 7.88. The number of fused-ring (bicyclic) bond motifs is 1. The van der Waals surface area contributed by atoms with Gasteiger partial charge in [0.05, 0.1) is 20.1 Å². The second-order valence-corrected chi connectivity index (χ2v) is 6.07. The van der Waals surface area contributed by atoms with E-state index in [0.717, 1.165) is 6.42 Å². The first-order valence-electron chi connectivity index (χ1n) is 7.88. The average Bonchev–Trinajstić information content (AvgIpc) is 2.50. The first-order chi connectivity index (χ1) is 10.5. The van der Waals surface area contributed by atoms with Gasteiger partial charge in [0.25, 0.3) is 0 Å². The molecule has 2 saturated heterocycles. The van der Waals surface area contributed by atoms with E-state index in [4.69, 9.17) is 0 Å².